The Hall–Kier alpha value is -2.51. The SMILES string of the molecule is C=C(C)CN1CCO[C@@H](CNC(=O)Cc2nc(-c3ccc(F)cc3)oc2C)C1. The molecule has 0 radical (unpaired) electrons. The molecule has 0 unspecified atom stereocenters. The summed E-state index contributed by atoms with van der Waals surface area (Å²) in [5.41, 5.74) is 2.36. The van der Waals surface area contributed by atoms with Crippen LogP contribution in [0.4, 0.5) is 4.39 Å². The Bertz CT molecular complexity index is 832. The highest BCUT2D eigenvalue weighted by Gasteiger charge is 2.21. The Morgan fingerprint density at radius 2 is 2.14 bits per heavy atom. The number of amides is 1. The largest absolute Gasteiger partial charge is 0.441 e. The summed E-state index contributed by atoms with van der Waals surface area (Å²) in [4.78, 5) is 19.0. The lowest BCUT2D eigenvalue weighted by molar-refractivity contribution is -0.121. The number of ether oxygens (including phenoxy) is 1. The van der Waals surface area contributed by atoms with Gasteiger partial charge >= 0.3 is 0 Å². The third-order valence-electron chi connectivity index (χ3n) is 4.56. The van der Waals surface area contributed by atoms with Crippen LogP contribution < -0.4 is 5.32 Å². The van der Waals surface area contributed by atoms with Crippen LogP contribution in [0.3, 0.4) is 0 Å². The van der Waals surface area contributed by atoms with E-state index in [0.717, 1.165) is 25.2 Å². The quantitative estimate of drug-likeness (QED) is 0.740. The fourth-order valence-electron chi connectivity index (χ4n) is 3.18. The molecule has 1 saturated heterocycles. The van der Waals surface area contributed by atoms with Crippen molar-refractivity contribution >= 4 is 5.91 Å². The molecule has 0 spiro atoms. The lowest BCUT2D eigenvalue weighted by Crippen LogP contribution is -2.48. The van der Waals surface area contributed by atoms with Crippen LogP contribution in [-0.4, -0.2) is 54.7 Å². The van der Waals surface area contributed by atoms with E-state index in [2.05, 4.69) is 21.8 Å². The van der Waals surface area contributed by atoms with Crippen molar-refractivity contribution in [2.24, 2.45) is 0 Å². The minimum Gasteiger partial charge on any atom is -0.441 e. The number of aryl methyl sites for hydroxylation is 1. The monoisotopic (exact) mass is 387 g/mol. The van der Waals surface area contributed by atoms with E-state index in [4.69, 9.17) is 9.15 Å². The highest BCUT2D eigenvalue weighted by atomic mass is 19.1. The zero-order chi connectivity index (χ0) is 20.1. The predicted octanol–water partition coefficient (Wildman–Crippen LogP) is 2.72. The van der Waals surface area contributed by atoms with Crippen molar-refractivity contribution in [3.8, 4) is 11.5 Å². The number of oxazole rings is 1. The maximum absolute atomic E-state index is 13.1. The van der Waals surface area contributed by atoms with Gasteiger partial charge in [-0.3, -0.25) is 9.69 Å². The van der Waals surface area contributed by atoms with Crippen molar-refractivity contribution in [3.05, 3.63) is 53.7 Å². The summed E-state index contributed by atoms with van der Waals surface area (Å²) >= 11 is 0. The Labute approximate surface area is 164 Å². The first-order chi connectivity index (χ1) is 13.4. The molecular weight excluding hydrogens is 361 g/mol. The minimum atomic E-state index is -0.321. The van der Waals surface area contributed by atoms with Crippen molar-refractivity contribution in [3.63, 3.8) is 0 Å². The van der Waals surface area contributed by atoms with Gasteiger partial charge in [0, 0.05) is 31.7 Å². The van der Waals surface area contributed by atoms with Crippen LogP contribution in [0.2, 0.25) is 0 Å². The Morgan fingerprint density at radius 3 is 2.86 bits per heavy atom. The first kappa shape index (κ1) is 20.2. The molecule has 0 saturated carbocycles. The molecule has 1 atom stereocenters. The van der Waals surface area contributed by atoms with Gasteiger partial charge in [-0.2, -0.15) is 0 Å². The maximum atomic E-state index is 13.1. The average Bonchev–Trinajstić information content (AvgIpc) is 3.01. The van der Waals surface area contributed by atoms with Crippen molar-refractivity contribution in [2.45, 2.75) is 26.4 Å². The summed E-state index contributed by atoms with van der Waals surface area (Å²) in [6.45, 7) is 11.3. The number of hydrogen-bond acceptors (Lipinski definition) is 5. The van der Waals surface area contributed by atoms with Crippen molar-refractivity contribution in [1.29, 1.82) is 0 Å². The van der Waals surface area contributed by atoms with Gasteiger partial charge in [0.05, 0.1) is 24.8 Å². The van der Waals surface area contributed by atoms with E-state index >= 15 is 0 Å². The zero-order valence-electron chi connectivity index (χ0n) is 16.3. The average molecular weight is 387 g/mol. The molecule has 28 heavy (non-hydrogen) atoms. The molecule has 7 heteroatoms. The Kier molecular flexibility index (Phi) is 6.59. The molecule has 3 rings (SSSR count). The van der Waals surface area contributed by atoms with Gasteiger partial charge in [-0.15, -0.1) is 0 Å². The molecule has 6 nitrogen and oxygen atoms in total. The predicted molar refractivity (Wildman–Crippen MR) is 104 cm³/mol. The highest BCUT2D eigenvalue weighted by Crippen LogP contribution is 2.22. The molecule has 1 aromatic heterocycles. The smallest absolute Gasteiger partial charge is 0.226 e. The van der Waals surface area contributed by atoms with Gasteiger partial charge in [-0.1, -0.05) is 12.2 Å². The van der Waals surface area contributed by atoms with Gasteiger partial charge in [-0.25, -0.2) is 9.37 Å². The number of aromatic nitrogens is 1. The van der Waals surface area contributed by atoms with E-state index in [9.17, 15) is 9.18 Å². The van der Waals surface area contributed by atoms with E-state index in [1.807, 2.05) is 6.92 Å². The fourth-order valence-corrected chi connectivity index (χ4v) is 3.18. The lowest BCUT2D eigenvalue weighted by Gasteiger charge is -2.33. The number of nitrogens with one attached hydrogen (secondary N) is 1. The van der Waals surface area contributed by atoms with Crippen molar-refractivity contribution < 1.29 is 18.3 Å². The standard InChI is InChI=1S/C21H26FN3O3/c1-14(2)12-25-8-9-27-18(13-25)11-23-20(26)10-19-15(3)28-21(24-19)16-4-6-17(22)7-5-16/h4-7,18H,1,8-13H2,2-3H3,(H,23,26)/t18-/m0/s1. The summed E-state index contributed by atoms with van der Waals surface area (Å²) in [5, 5.41) is 2.91. The molecule has 1 fully saturated rings. The van der Waals surface area contributed by atoms with Crippen LogP contribution in [0.5, 0.6) is 0 Å². The first-order valence-corrected chi connectivity index (χ1v) is 9.38. The van der Waals surface area contributed by atoms with E-state index in [1.165, 1.54) is 12.1 Å². The number of carbonyl (C=O) groups excluding carboxylic acids is 1. The van der Waals surface area contributed by atoms with Crippen LogP contribution in [0.15, 0.2) is 40.8 Å². The van der Waals surface area contributed by atoms with E-state index in [-0.39, 0.29) is 24.2 Å². The third-order valence-corrected chi connectivity index (χ3v) is 4.56. The number of rotatable bonds is 7. The van der Waals surface area contributed by atoms with Crippen molar-refractivity contribution in [2.75, 3.05) is 32.8 Å². The molecule has 150 valence electrons. The van der Waals surface area contributed by atoms with Gasteiger partial charge in [-0.05, 0) is 38.1 Å². The highest BCUT2D eigenvalue weighted by molar-refractivity contribution is 5.78. The Balaban J connectivity index is 1.52. The normalized spacial score (nSPS) is 17.5. The second-order valence-electron chi connectivity index (χ2n) is 7.19. The second kappa shape index (κ2) is 9.12. The second-order valence-corrected chi connectivity index (χ2v) is 7.19. The van der Waals surface area contributed by atoms with Gasteiger partial charge < -0.3 is 14.5 Å². The molecule has 2 aromatic rings. The lowest BCUT2D eigenvalue weighted by atomic mass is 10.2. The van der Waals surface area contributed by atoms with Gasteiger partial charge in [0.15, 0.2) is 0 Å². The molecule has 0 bridgehead atoms. The van der Waals surface area contributed by atoms with Crippen LogP contribution in [0.25, 0.3) is 11.5 Å². The van der Waals surface area contributed by atoms with Gasteiger partial charge in [0.2, 0.25) is 11.8 Å². The summed E-state index contributed by atoms with van der Waals surface area (Å²) in [5.74, 6) is 0.503. The van der Waals surface area contributed by atoms with Gasteiger partial charge in [0.1, 0.15) is 11.6 Å². The van der Waals surface area contributed by atoms with Crippen LogP contribution in [-0.2, 0) is 16.0 Å². The zero-order valence-corrected chi connectivity index (χ0v) is 16.3. The molecule has 1 amide bonds. The third kappa shape index (κ3) is 5.50. The van der Waals surface area contributed by atoms with Crippen LogP contribution in [0.1, 0.15) is 18.4 Å². The molecule has 0 aliphatic carbocycles. The molecule has 1 aromatic carbocycles. The summed E-state index contributed by atoms with van der Waals surface area (Å²) in [7, 11) is 0. The molecular formula is C21H26FN3O3. The van der Waals surface area contributed by atoms with E-state index < -0.39 is 0 Å². The number of nitrogens with zero attached hydrogens (tertiary/aromatic N) is 2. The van der Waals surface area contributed by atoms with E-state index in [0.29, 0.717) is 36.1 Å². The van der Waals surface area contributed by atoms with Crippen molar-refractivity contribution in [1.82, 2.24) is 15.2 Å². The number of morpholine rings is 1. The summed E-state index contributed by atoms with van der Waals surface area (Å²) < 4.78 is 24.4. The van der Waals surface area contributed by atoms with E-state index in [1.54, 1.807) is 19.1 Å². The topological polar surface area (TPSA) is 67.6 Å². The minimum absolute atomic E-state index is 0.0368. The van der Waals surface area contributed by atoms with Gasteiger partial charge in [0.25, 0.3) is 0 Å². The summed E-state index contributed by atoms with van der Waals surface area (Å²) in [6, 6.07) is 5.90. The maximum Gasteiger partial charge on any atom is 0.226 e. The van der Waals surface area contributed by atoms with Crippen LogP contribution in [0, 0.1) is 12.7 Å². The molecule has 1 aliphatic rings. The number of carbonyl (C=O) groups is 1. The number of hydrogen-bond donors (Lipinski definition) is 1. The fraction of sp³-hybridized carbons (Fsp3) is 0.429. The van der Waals surface area contributed by atoms with Crippen LogP contribution >= 0.6 is 0 Å². The molecule has 1 aliphatic heterocycles. The number of halogens is 1. The Morgan fingerprint density at radius 1 is 1.39 bits per heavy atom. The molecule has 2 heterocycles. The number of benzene rings is 1. The molecule has 1 N–H and O–H groups in total. The summed E-state index contributed by atoms with van der Waals surface area (Å²) in [6.07, 6.45) is 0.0869. The first-order valence-electron chi connectivity index (χ1n) is 9.38.